The van der Waals surface area contributed by atoms with Gasteiger partial charge in [0, 0.05) is 12.1 Å². The molecule has 0 fully saturated rings. The van der Waals surface area contributed by atoms with Gasteiger partial charge in [-0.15, -0.1) is 0 Å². The fourth-order valence-electron chi connectivity index (χ4n) is 2.33. The van der Waals surface area contributed by atoms with E-state index < -0.39 is 18.0 Å². The number of benzene rings is 1. The van der Waals surface area contributed by atoms with Gasteiger partial charge < -0.3 is 14.8 Å². The smallest absolute Gasteiger partial charge is 0.349 e. The fourth-order valence-corrected chi connectivity index (χ4v) is 2.33. The van der Waals surface area contributed by atoms with Crippen molar-refractivity contribution in [3.63, 3.8) is 0 Å². The maximum Gasteiger partial charge on any atom is 0.349 e. The Morgan fingerprint density at radius 1 is 1.21 bits per heavy atom. The first-order valence-corrected chi connectivity index (χ1v) is 8.67. The van der Waals surface area contributed by atoms with Crippen molar-refractivity contribution in [1.29, 1.82) is 5.26 Å². The molecule has 28 heavy (non-hydrogen) atoms. The standard InChI is InChI=1S/C20H22N4O4/c1-13(2)24-18(9-10-22-24)23-19(25)14(3)28-20(26)16(12-21)11-15-5-7-17(27-4)8-6-15/h5-11,13-14H,1-4H3,(H,23,25)/b16-11+/t14-/m1/s1. The van der Waals surface area contributed by atoms with Gasteiger partial charge in [-0.25, -0.2) is 9.48 Å². The molecular weight excluding hydrogens is 360 g/mol. The summed E-state index contributed by atoms with van der Waals surface area (Å²) < 4.78 is 11.8. The van der Waals surface area contributed by atoms with Crippen LogP contribution in [0.5, 0.6) is 5.75 Å². The van der Waals surface area contributed by atoms with Crippen LogP contribution < -0.4 is 10.1 Å². The summed E-state index contributed by atoms with van der Waals surface area (Å²) in [6.45, 7) is 5.29. The zero-order valence-electron chi connectivity index (χ0n) is 16.2. The number of nitrogens with one attached hydrogen (secondary N) is 1. The van der Waals surface area contributed by atoms with E-state index in [0.29, 0.717) is 17.1 Å². The van der Waals surface area contributed by atoms with Gasteiger partial charge in [0.25, 0.3) is 5.91 Å². The number of amides is 1. The third-order valence-corrected chi connectivity index (χ3v) is 3.83. The number of nitrogens with zero attached hydrogens (tertiary/aromatic N) is 3. The Bertz CT molecular complexity index is 907. The van der Waals surface area contributed by atoms with E-state index in [1.165, 1.54) is 13.0 Å². The average molecular weight is 382 g/mol. The lowest BCUT2D eigenvalue weighted by molar-refractivity contribution is -0.148. The lowest BCUT2D eigenvalue weighted by Crippen LogP contribution is -2.31. The van der Waals surface area contributed by atoms with Gasteiger partial charge in [0.2, 0.25) is 0 Å². The molecule has 8 nitrogen and oxygen atoms in total. The summed E-state index contributed by atoms with van der Waals surface area (Å²) in [6.07, 6.45) is 1.87. The minimum absolute atomic E-state index is 0.0563. The Balaban J connectivity index is 2.04. The molecule has 0 spiro atoms. The summed E-state index contributed by atoms with van der Waals surface area (Å²) in [5.74, 6) is -0.239. The van der Waals surface area contributed by atoms with Crippen LogP contribution in [0.15, 0.2) is 42.1 Å². The molecule has 1 heterocycles. The van der Waals surface area contributed by atoms with E-state index >= 15 is 0 Å². The van der Waals surface area contributed by atoms with E-state index in [2.05, 4.69) is 10.4 Å². The zero-order valence-corrected chi connectivity index (χ0v) is 16.2. The highest BCUT2D eigenvalue weighted by molar-refractivity contribution is 6.00. The molecule has 2 aromatic rings. The Morgan fingerprint density at radius 2 is 1.89 bits per heavy atom. The van der Waals surface area contributed by atoms with Crippen LogP contribution in [-0.2, 0) is 14.3 Å². The number of aromatic nitrogens is 2. The number of esters is 1. The second kappa shape index (κ2) is 9.37. The first-order valence-electron chi connectivity index (χ1n) is 8.67. The van der Waals surface area contributed by atoms with E-state index in [0.717, 1.165) is 0 Å². The molecule has 1 atom stereocenters. The Morgan fingerprint density at radius 3 is 2.46 bits per heavy atom. The second-order valence-corrected chi connectivity index (χ2v) is 6.23. The van der Waals surface area contributed by atoms with Gasteiger partial charge in [-0.1, -0.05) is 12.1 Å². The van der Waals surface area contributed by atoms with E-state index in [9.17, 15) is 14.9 Å². The number of hydrogen-bond donors (Lipinski definition) is 1. The quantitative estimate of drug-likeness (QED) is 0.448. The fraction of sp³-hybridized carbons (Fsp3) is 0.300. The van der Waals surface area contributed by atoms with Crippen LogP contribution in [0.1, 0.15) is 32.4 Å². The molecule has 0 unspecified atom stereocenters. The molecule has 0 aliphatic heterocycles. The summed E-state index contributed by atoms with van der Waals surface area (Å²) in [4.78, 5) is 24.6. The minimum Gasteiger partial charge on any atom is -0.497 e. The first kappa shape index (κ1) is 20.7. The minimum atomic E-state index is -1.09. The number of nitriles is 1. The summed E-state index contributed by atoms with van der Waals surface area (Å²) in [5, 5.41) is 16.0. The van der Waals surface area contributed by atoms with Crippen LogP contribution in [-0.4, -0.2) is 34.9 Å². The Labute approximate surface area is 163 Å². The Kier molecular flexibility index (Phi) is 6.93. The molecule has 0 radical (unpaired) electrons. The van der Waals surface area contributed by atoms with Crippen LogP contribution in [0.4, 0.5) is 5.82 Å². The molecule has 1 amide bonds. The van der Waals surface area contributed by atoms with Crippen molar-refractivity contribution in [3.05, 3.63) is 47.7 Å². The number of ether oxygens (including phenoxy) is 2. The van der Waals surface area contributed by atoms with E-state index in [1.807, 2.05) is 13.8 Å². The number of carbonyl (C=O) groups excluding carboxylic acids is 2. The molecule has 1 aromatic heterocycles. The van der Waals surface area contributed by atoms with Crippen molar-refractivity contribution in [2.24, 2.45) is 0 Å². The van der Waals surface area contributed by atoms with Crippen molar-refractivity contribution >= 4 is 23.8 Å². The molecule has 0 aliphatic carbocycles. The van der Waals surface area contributed by atoms with Crippen LogP contribution in [0.2, 0.25) is 0 Å². The van der Waals surface area contributed by atoms with Gasteiger partial charge in [-0.05, 0) is 44.5 Å². The second-order valence-electron chi connectivity index (χ2n) is 6.23. The number of anilines is 1. The largest absolute Gasteiger partial charge is 0.497 e. The number of carbonyl (C=O) groups is 2. The summed E-state index contributed by atoms with van der Waals surface area (Å²) in [5.41, 5.74) is 0.421. The van der Waals surface area contributed by atoms with Gasteiger partial charge >= 0.3 is 5.97 Å². The van der Waals surface area contributed by atoms with E-state index in [-0.39, 0.29) is 11.6 Å². The third-order valence-electron chi connectivity index (χ3n) is 3.83. The maximum atomic E-state index is 12.3. The first-order chi connectivity index (χ1) is 13.3. The van der Waals surface area contributed by atoms with Crippen LogP contribution in [0, 0.1) is 11.3 Å². The van der Waals surface area contributed by atoms with Crippen molar-refractivity contribution < 1.29 is 19.1 Å². The van der Waals surface area contributed by atoms with Crippen molar-refractivity contribution in [2.75, 3.05) is 12.4 Å². The van der Waals surface area contributed by atoms with Gasteiger partial charge in [-0.3, -0.25) is 4.79 Å². The van der Waals surface area contributed by atoms with Gasteiger partial charge in [0.05, 0.1) is 13.3 Å². The van der Waals surface area contributed by atoms with Crippen molar-refractivity contribution in [1.82, 2.24) is 9.78 Å². The molecule has 0 aliphatic rings. The van der Waals surface area contributed by atoms with Crippen molar-refractivity contribution in [3.8, 4) is 11.8 Å². The molecule has 1 N–H and O–H groups in total. The van der Waals surface area contributed by atoms with E-state index in [1.54, 1.807) is 54.4 Å². The normalized spacial score (nSPS) is 12.2. The number of rotatable bonds is 7. The zero-order chi connectivity index (χ0) is 20.7. The predicted octanol–water partition coefficient (Wildman–Crippen LogP) is 2.95. The molecule has 8 heteroatoms. The molecule has 2 rings (SSSR count). The monoisotopic (exact) mass is 382 g/mol. The van der Waals surface area contributed by atoms with Gasteiger partial charge in [0.15, 0.2) is 6.10 Å². The highest BCUT2D eigenvalue weighted by Crippen LogP contribution is 2.16. The summed E-state index contributed by atoms with van der Waals surface area (Å²) in [6, 6.07) is 10.3. The van der Waals surface area contributed by atoms with Gasteiger partial charge in [-0.2, -0.15) is 10.4 Å². The molecule has 0 saturated heterocycles. The van der Waals surface area contributed by atoms with E-state index in [4.69, 9.17) is 9.47 Å². The topological polar surface area (TPSA) is 106 Å². The molecular formula is C20H22N4O4. The van der Waals surface area contributed by atoms with Crippen LogP contribution in [0.25, 0.3) is 6.08 Å². The van der Waals surface area contributed by atoms with Gasteiger partial charge in [0.1, 0.15) is 23.2 Å². The predicted molar refractivity (Wildman–Crippen MR) is 103 cm³/mol. The highest BCUT2D eigenvalue weighted by Gasteiger charge is 2.22. The molecule has 0 saturated carbocycles. The number of hydrogen-bond acceptors (Lipinski definition) is 6. The maximum absolute atomic E-state index is 12.3. The summed E-state index contributed by atoms with van der Waals surface area (Å²) >= 11 is 0. The molecule has 0 bridgehead atoms. The molecule has 1 aromatic carbocycles. The Hall–Kier alpha value is -3.60. The SMILES string of the molecule is COc1ccc(/C=C(\C#N)C(=O)O[C@H](C)C(=O)Nc2ccnn2C(C)C)cc1. The van der Waals surface area contributed by atoms with Crippen molar-refractivity contribution in [2.45, 2.75) is 32.9 Å². The average Bonchev–Trinajstić information content (AvgIpc) is 3.14. The molecule has 146 valence electrons. The highest BCUT2D eigenvalue weighted by atomic mass is 16.5. The third kappa shape index (κ3) is 5.20. The lowest BCUT2D eigenvalue weighted by Gasteiger charge is -2.15. The lowest BCUT2D eigenvalue weighted by atomic mass is 10.1. The number of methoxy groups -OCH3 is 1. The van der Waals surface area contributed by atoms with Crippen LogP contribution in [0.3, 0.4) is 0 Å². The van der Waals surface area contributed by atoms with Crippen LogP contribution >= 0.6 is 0 Å². The summed E-state index contributed by atoms with van der Waals surface area (Å²) in [7, 11) is 1.55.